The lowest BCUT2D eigenvalue weighted by Crippen LogP contribution is -2.50. The largest absolute Gasteiger partial charge is 0.307 e. The first kappa shape index (κ1) is 13.7. The van der Waals surface area contributed by atoms with E-state index in [1.807, 2.05) is 47.4 Å². The van der Waals surface area contributed by atoms with Crippen molar-refractivity contribution in [3.63, 3.8) is 0 Å². The molecule has 3 heterocycles. The third-order valence-electron chi connectivity index (χ3n) is 4.45. The van der Waals surface area contributed by atoms with Gasteiger partial charge in [-0.25, -0.2) is 0 Å². The van der Waals surface area contributed by atoms with Crippen molar-refractivity contribution in [2.45, 2.75) is 25.0 Å². The van der Waals surface area contributed by atoms with E-state index >= 15 is 0 Å². The zero-order valence-corrected chi connectivity index (χ0v) is 12.8. The molecule has 4 nitrogen and oxygen atoms in total. The predicted molar refractivity (Wildman–Crippen MR) is 85.8 cm³/mol. The Morgan fingerprint density at radius 2 is 2.14 bits per heavy atom. The maximum atomic E-state index is 12.7. The van der Waals surface area contributed by atoms with Gasteiger partial charge in [-0.1, -0.05) is 23.7 Å². The molecule has 0 saturated carbocycles. The van der Waals surface area contributed by atoms with Crippen LogP contribution < -0.4 is 4.90 Å². The lowest BCUT2D eigenvalue weighted by atomic mass is 10.2. The first-order valence-corrected chi connectivity index (χ1v) is 7.83. The van der Waals surface area contributed by atoms with Crippen LogP contribution in [0.1, 0.15) is 12.1 Å². The van der Waals surface area contributed by atoms with E-state index in [9.17, 15) is 4.79 Å². The summed E-state index contributed by atoms with van der Waals surface area (Å²) < 4.78 is 0. The normalized spacial score (nSPS) is 24.2. The fourth-order valence-electron chi connectivity index (χ4n) is 3.50. The average molecular weight is 314 g/mol. The van der Waals surface area contributed by atoms with E-state index < -0.39 is 0 Å². The summed E-state index contributed by atoms with van der Waals surface area (Å²) in [7, 11) is 0. The fourth-order valence-corrected chi connectivity index (χ4v) is 3.69. The molecule has 1 aromatic carbocycles. The molecule has 2 aromatic rings. The Hall–Kier alpha value is -1.91. The van der Waals surface area contributed by atoms with Crippen LogP contribution >= 0.6 is 11.6 Å². The Morgan fingerprint density at radius 1 is 1.23 bits per heavy atom. The van der Waals surface area contributed by atoms with Crippen LogP contribution in [0.3, 0.4) is 0 Å². The molecule has 5 heteroatoms. The predicted octanol–water partition coefficient (Wildman–Crippen LogP) is 2.72. The first-order chi connectivity index (χ1) is 10.7. The van der Waals surface area contributed by atoms with E-state index in [2.05, 4.69) is 9.88 Å². The number of pyridine rings is 1. The van der Waals surface area contributed by atoms with Crippen LogP contribution in [-0.4, -0.2) is 34.4 Å². The summed E-state index contributed by atoms with van der Waals surface area (Å²) in [6, 6.07) is 13.6. The lowest BCUT2D eigenvalue weighted by Gasteiger charge is -2.33. The van der Waals surface area contributed by atoms with Gasteiger partial charge in [0, 0.05) is 30.0 Å². The summed E-state index contributed by atoms with van der Waals surface area (Å²) >= 11 is 6.05. The first-order valence-electron chi connectivity index (χ1n) is 7.45. The molecular weight excluding hydrogens is 298 g/mol. The third kappa shape index (κ3) is 2.28. The van der Waals surface area contributed by atoms with E-state index in [-0.39, 0.29) is 18.0 Å². The molecule has 2 aliphatic rings. The van der Waals surface area contributed by atoms with Gasteiger partial charge in [-0.05, 0) is 36.8 Å². The number of benzene rings is 1. The SMILES string of the molecule is O=C1[C@@H]2C[C@@H](CN2Cc2ccccn2)N1c1cccc(Cl)c1. The van der Waals surface area contributed by atoms with Crippen LogP contribution in [0, 0.1) is 0 Å². The molecule has 1 aromatic heterocycles. The number of carbonyl (C=O) groups is 1. The molecule has 0 radical (unpaired) electrons. The lowest BCUT2D eigenvalue weighted by molar-refractivity contribution is -0.122. The van der Waals surface area contributed by atoms with Crippen LogP contribution in [0.4, 0.5) is 5.69 Å². The number of rotatable bonds is 3. The Balaban J connectivity index is 1.53. The van der Waals surface area contributed by atoms with Gasteiger partial charge in [0.1, 0.15) is 0 Å². The molecule has 2 saturated heterocycles. The number of hydrogen-bond donors (Lipinski definition) is 0. The minimum Gasteiger partial charge on any atom is -0.307 e. The van der Waals surface area contributed by atoms with Crippen LogP contribution in [-0.2, 0) is 11.3 Å². The zero-order valence-electron chi connectivity index (χ0n) is 12.0. The zero-order chi connectivity index (χ0) is 15.1. The van der Waals surface area contributed by atoms with E-state index in [4.69, 9.17) is 11.6 Å². The topological polar surface area (TPSA) is 36.4 Å². The number of fused-ring (bicyclic) bond motifs is 2. The summed E-state index contributed by atoms with van der Waals surface area (Å²) in [4.78, 5) is 21.2. The number of hydrogen-bond acceptors (Lipinski definition) is 3. The van der Waals surface area contributed by atoms with Gasteiger partial charge in [-0.2, -0.15) is 0 Å². The minimum absolute atomic E-state index is 0.0361. The van der Waals surface area contributed by atoms with Crippen molar-refractivity contribution in [2.24, 2.45) is 0 Å². The van der Waals surface area contributed by atoms with Gasteiger partial charge in [-0.15, -0.1) is 0 Å². The van der Waals surface area contributed by atoms with E-state index in [0.29, 0.717) is 5.02 Å². The summed E-state index contributed by atoms with van der Waals surface area (Å²) in [5, 5.41) is 0.665. The molecule has 0 spiro atoms. The van der Waals surface area contributed by atoms with Crippen molar-refractivity contribution in [1.29, 1.82) is 0 Å². The van der Waals surface area contributed by atoms with Gasteiger partial charge >= 0.3 is 0 Å². The molecule has 2 fully saturated rings. The number of halogens is 1. The van der Waals surface area contributed by atoms with Crippen molar-refractivity contribution < 1.29 is 4.79 Å². The van der Waals surface area contributed by atoms with Gasteiger partial charge in [0.25, 0.3) is 0 Å². The quantitative estimate of drug-likeness (QED) is 0.874. The van der Waals surface area contributed by atoms with Gasteiger partial charge in [-0.3, -0.25) is 14.7 Å². The van der Waals surface area contributed by atoms with Gasteiger partial charge in [0.15, 0.2) is 0 Å². The van der Waals surface area contributed by atoms with E-state index in [1.54, 1.807) is 6.20 Å². The van der Waals surface area contributed by atoms with Crippen molar-refractivity contribution >= 4 is 23.2 Å². The molecule has 0 N–H and O–H groups in total. The number of piperazine rings is 1. The van der Waals surface area contributed by atoms with E-state index in [1.165, 1.54) is 0 Å². The molecule has 0 aliphatic carbocycles. The number of anilines is 1. The number of aromatic nitrogens is 1. The molecule has 0 unspecified atom stereocenters. The Bertz CT molecular complexity index is 706. The van der Waals surface area contributed by atoms with Crippen molar-refractivity contribution in [3.05, 3.63) is 59.4 Å². The minimum atomic E-state index is -0.0361. The summed E-state index contributed by atoms with van der Waals surface area (Å²) in [5.74, 6) is 0.175. The second-order valence-electron chi connectivity index (χ2n) is 5.84. The Labute approximate surface area is 134 Å². The molecule has 2 aliphatic heterocycles. The highest BCUT2D eigenvalue weighted by Crippen LogP contribution is 2.36. The molecule has 112 valence electrons. The molecule has 22 heavy (non-hydrogen) atoms. The summed E-state index contributed by atoms with van der Waals surface area (Å²) in [6.45, 7) is 1.62. The third-order valence-corrected chi connectivity index (χ3v) is 4.68. The second kappa shape index (κ2) is 5.38. The molecule has 1 amide bonds. The van der Waals surface area contributed by atoms with Crippen molar-refractivity contribution in [3.8, 4) is 0 Å². The maximum Gasteiger partial charge on any atom is 0.244 e. The maximum absolute atomic E-state index is 12.7. The van der Waals surface area contributed by atoms with Crippen LogP contribution in [0.5, 0.6) is 0 Å². The van der Waals surface area contributed by atoms with E-state index in [0.717, 1.165) is 30.9 Å². The molecule has 2 bridgehead atoms. The number of carbonyl (C=O) groups excluding carboxylic acids is 1. The molecular formula is C17H16ClN3O. The van der Waals surface area contributed by atoms with Crippen LogP contribution in [0.2, 0.25) is 5.02 Å². The fraction of sp³-hybridized carbons (Fsp3) is 0.294. The van der Waals surface area contributed by atoms with Gasteiger partial charge < -0.3 is 4.90 Å². The monoisotopic (exact) mass is 313 g/mol. The van der Waals surface area contributed by atoms with Crippen LogP contribution in [0.25, 0.3) is 0 Å². The smallest absolute Gasteiger partial charge is 0.244 e. The standard InChI is InChI=1S/C17H16ClN3O/c18-12-4-3-6-14(8-12)21-15-9-16(17(21)22)20(11-15)10-13-5-1-2-7-19-13/h1-8,15-16H,9-11H2/t15-,16-/m0/s1. The second-order valence-corrected chi connectivity index (χ2v) is 6.28. The number of nitrogens with zero attached hydrogens (tertiary/aromatic N) is 3. The Kier molecular flexibility index (Phi) is 3.36. The highest BCUT2D eigenvalue weighted by atomic mass is 35.5. The van der Waals surface area contributed by atoms with Gasteiger partial charge in [0.05, 0.1) is 17.8 Å². The summed E-state index contributed by atoms with van der Waals surface area (Å²) in [6.07, 6.45) is 2.68. The van der Waals surface area contributed by atoms with Gasteiger partial charge in [0.2, 0.25) is 5.91 Å². The highest BCUT2D eigenvalue weighted by Gasteiger charge is 2.49. The average Bonchev–Trinajstić information content (AvgIpc) is 3.05. The number of likely N-dealkylation sites (tertiary alicyclic amines) is 1. The molecule has 4 rings (SSSR count). The van der Waals surface area contributed by atoms with Crippen molar-refractivity contribution in [1.82, 2.24) is 9.88 Å². The van der Waals surface area contributed by atoms with Crippen LogP contribution in [0.15, 0.2) is 48.7 Å². The van der Waals surface area contributed by atoms with Crippen molar-refractivity contribution in [2.75, 3.05) is 11.4 Å². The number of amides is 1. The highest BCUT2D eigenvalue weighted by molar-refractivity contribution is 6.31. The molecule has 2 atom stereocenters. The summed E-state index contributed by atoms with van der Waals surface area (Å²) in [5.41, 5.74) is 1.92. The Morgan fingerprint density at radius 3 is 2.86 bits per heavy atom.